The van der Waals surface area contributed by atoms with Crippen LogP contribution in [-0.4, -0.2) is 31.4 Å². The van der Waals surface area contributed by atoms with Gasteiger partial charge in [-0.2, -0.15) is 0 Å². The smallest absolute Gasteiger partial charge is 0.412 e. The van der Waals surface area contributed by atoms with Gasteiger partial charge in [0.05, 0.1) is 6.54 Å². The van der Waals surface area contributed by atoms with Crippen molar-refractivity contribution in [3.05, 3.63) is 29.8 Å². The Labute approximate surface area is 131 Å². The lowest BCUT2D eigenvalue weighted by Crippen LogP contribution is -2.37. The maximum absolute atomic E-state index is 11.6. The van der Waals surface area contributed by atoms with Crippen molar-refractivity contribution in [3.8, 4) is 5.75 Å². The highest BCUT2D eigenvalue weighted by molar-refractivity contribution is 5.70. The number of nitrogens with one attached hydrogen (secondary N) is 2. The number of hydrogen-bond donors (Lipinski definition) is 2. The second kappa shape index (κ2) is 9.65. The Morgan fingerprint density at radius 2 is 2.00 bits per heavy atom. The molecule has 0 radical (unpaired) electrons. The third-order valence-electron chi connectivity index (χ3n) is 2.84. The second-order valence-corrected chi connectivity index (χ2v) is 5.08. The Morgan fingerprint density at radius 3 is 2.68 bits per heavy atom. The van der Waals surface area contributed by atoms with Crippen molar-refractivity contribution in [3.63, 3.8) is 0 Å². The van der Waals surface area contributed by atoms with E-state index < -0.39 is 18.3 Å². The molecule has 0 spiro atoms. The zero-order chi connectivity index (χ0) is 16.4. The summed E-state index contributed by atoms with van der Waals surface area (Å²) in [5.41, 5.74) is 1.01. The summed E-state index contributed by atoms with van der Waals surface area (Å²) < 4.78 is 10.2. The van der Waals surface area contributed by atoms with Crippen LogP contribution in [-0.2, 0) is 4.74 Å². The van der Waals surface area contributed by atoms with E-state index in [2.05, 4.69) is 10.6 Å². The molecule has 0 bridgehead atoms. The summed E-state index contributed by atoms with van der Waals surface area (Å²) >= 11 is 0. The molecule has 1 rings (SSSR count). The van der Waals surface area contributed by atoms with Gasteiger partial charge in [0.15, 0.2) is 0 Å². The zero-order valence-corrected chi connectivity index (χ0v) is 13.3. The minimum Gasteiger partial charge on any atom is -0.445 e. The van der Waals surface area contributed by atoms with E-state index >= 15 is 0 Å². The van der Waals surface area contributed by atoms with Gasteiger partial charge in [0, 0.05) is 6.54 Å². The summed E-state index contributed by atoms with van der Waals surface area (Å²) in [5.74, 6) is 0.475. The molecular formula is C16H24N2O4. The first-order chi connectivity index (χ1) is 10.5. The van der Waals surface area contributed by atoms with Gasteiger partial charge in [-0.05, 0) is 38.0 Å². The van der Waals surface area contributed by atoms with Crippen LogP contribution in [0.15, 0.2) is 24.3 Å². The molecule has 1 aromatic carbocycles. The first-order valence-electron chi connectivity index (χ1n) is 7.48. The van der Waals surface area contributed by atoms with Crippen molar-refractivity contribution in [2.45, 2.75) is 39.7 Å². The molecule has 2 N–H and O–H groups in total. The molecule has 2 amide bonds. The Bertz CT molecular complexity index is 491. The van der Waals surface area contributed by atoms with E-state index in [1.54, 1.807) is 19.1 Å². The van der Waals surface area contributed by atoms with E-state index in [-0.39, 0.29) is 6.54 Å². The van der Waals surface area contributed by atoms with Crippen LogP contribution >= 0.6 is 0 Å². The van der Waals surface area contributed by atoms with Gasteiger partial charge >= 0.3 is 12.2 Å². The quantitative estimate of drug-likeness (QED) is 0.759. The number of carbonyl (C=O) groups excluding carboxylic acids is 2. The molecule has 0 fully saturated rings. The van der Waals surface area contributed by atoms with Gasteiger partial charge in [-0.15, -0.1) is 0 Å². The Hall–Kier alpha value is -2.24. The third-order valence-corrected chi connectivity index (χ3v) is 2.84. The Morgan fingerprint density at radius 1 is 1.23 bits per heavy atom. The topological polar surface area (TPSA) is 76.7 Å². The average Bonchev–Trinajstić information content (AvgIpc) is 2.45. The molecule has 122 valence electrons. The highest BCUT2D eigenvalue weighted by Gasteiger charge is 2.11. The minimum atomic E-state index is -0.576. The fourth-order valence-electron chi connectivity index (χ4n) is 1.68. The number of aryl methyl sites for hydroxylation is 1. The van der Waals surface area contributed by atoms with Gasteiger partial charge in [-0.1, -0.05) is 25.5 Å². The monoisotopic (exact) mass is 308 g/mol. The van der Waals surface area contributed by atoms with Crippen molar-refractivity contribution in [1.82, 2.24) is 10.6 Å². The van der Waals surface area contributed by atoms with E-state index in [0.29, 0.717) is 12.3 Å². The van der Waals surface area contributed by atoms with Gasteiger partial charge in [0.2, 0.25) is 0 Å². The molecule has 1 aromatic rings. The summed E-state index contributed by atoms with van der Waals surface area (Å²) in [6.07, 6.45) is 0.418. The van der Waals surface area contributed by atoms with Crippen LogP contribution < -0.4 is 15.4 Å². The molecule has 6 nitrogen and oxygen atoms in total. The predicted molar refractivity (Wildman–Crippen MR) is 84.1 cm³/mol. The normalized spacial score (nSPS) is 11.4. The molecular weight excluding hydrogens is 284 g/mol. The molecule has 1 atom stereocenters. The highest BCUT2D eigenvalue weighted by Crippen LogP contribution is 2.12. The van der Waals surface area contributed by atoms with E-state index in [1.807, 2.05) is 26.0 Å². The van der Waals surface area contributed by atoms with Crippen molar-refractivity contribution in [2.24, 2.45) is 0 Å². The molecule has 0 aromatic heterocycles. The Balaban J connectivity index is 2.24. The van der Waals surface area contributed by atoms with Crippen LogP contribution in [0.5, 0.6) is 5.75 Å². The van der Waals surface area contributed by atoms with Gasteiger partial charge < -0.3 is 20.1 Å². The average molecular weight is 308 g/mol. The number of ether oxygens (including phenoxy) is 2. The fraction of sp³-hybridized carbons (Fsp3) is 0.500. The van der Waals surface area contributed by atoms with Crippen molar-refractivity contribution in [1.29, 1.82) is 0 Å². The highest BCUT2D eigenvalue weighted by atomic mass is 16.6. The van der Waals surface area contributed by atoms with Crippen molar-refractivity contribution >= 4 is 12.2 Å². The molecule has 22 heavy (non-hydrogen) atoms. The van der Waals surface area contributed by atoms with Crippen LogP contribution in [0.25, 0.3) is 0 Å². The summed E-state index contributed by atoms with van der Waals surface area (Å²) in [4.78, 5) is 23.1. The lowest BCUT2D eigenvalue weighted by molar-refractivity contribution is 0.105. The lowest BCUT2D eigenvalue weighted by atomic mass is 10.2. The molecule has 0 saturated heterocycles. The maximum atomic E-state index is 11.6. The number of alkyl carbamates (subject to hydrolysis) is 1. The fourth-order valence-corrected chi connectivity index (χ4v) is 1.68. The van der Waals surface area contributed by atoms with E-state index in [0.717, 1.165) is 18.4 Å². The number of hydrogen-bond acceptors (Lipinski definition) is 4. The lowest BCUT2D eigenvalue weighted by Gasteiger charge is -2.14. The van der Waals surface area contributed by atoms with Crippen LogP contribution in [0.1, 0.15) is 32.3 Å². The van der Waals surface area contributed by atoms with Crippen molar-refractivity contribution < 1.29 is 19.1 Å². The predicted octanol–water partition coefficient (Wildman–Crippen LogP) is 3.00. The molecule has 0 unspecified atom stereocenters. The van der Waals surface area contributed by atoms with Gasteiger partial charge in [-0.25, -0.2) is 9.59 Å². The summed E-state index contributed by atoms with van der Waals surface area (Å²) in [7, 11) is 0. The molecule has 0 aliphatic rings. The van der Waals surface area contributed by atoms with Gasteiger partial charge in [0.25, 0.3) is 0 Å². The third kappa shape index (κ3) is 7.52. The van der Waals surface area contributed by atoms with E-state index in [9.17, 15) is 9.59 Å². The number of unbranched alkanes of at least 4 members (excludes halogenated alkanes) is 1. The van der Waals surface area contributed by atoms with Gasteiger partial charge in [-0.3, -0.25) is 0 Å². The summed E-state index contributed by atoms with van der Waals surface area (Å²) in [6.45, 7) is 6.43. The summed E-state index contributed by atoms with van der Waals surface area (Å²) in [5, 5.41) is 5.20. The number of carbonyl (C=O) groups is 2. The second-order valence-electron chi connectivity index (χ2n) is 5.08. The molecule has 0 aliphatic heterocycles. The summed E-state index contributed by atoms with van der Waals surface area (Å²) in [6, 6.07) is 7.19. The van der Waals surface area contributed by atoms with Crippen molar-refractivity contribution in [2.75, 3.05) is 13.1 Å². The first kappa shape index (κ1) is 17.8. The van der Waals surface area contributed by atoms with E-state index in [4.69, 9.17) is 9.47 Å². The van der Waals surface area contributed by atoms with Gasteiger partial charge in [0.1, 0.15) is 11.9 Å². The number of amides is 2. The molecule has 0 aliphatic carbocycles. The van der Waals surface area contributed by atoms with Crippen LogP contribution in [0.4, 0.5) is 9.59 Å². The van der Waals surface area contributed by atoms with Crippen LogP contribution in [0.3, 0.4) is 0 Å². The van der Waals surface area contributed by atoms with Crippen LogP contribution in [0, 0.1) is 6.92 Å². The zero-order valence-electron chi connectivity index (χ0n) is 13.3. The SMILES string of the molecule is CCCCNC(=O)O[C@H](C)CNC(=O)Oc1cccc(C)c1. The number of benzene rings is 1. The largest absolute Gasteiger partial charge is 0.445 e. The maximum Gasteiger partial charge on any atom is 0.412 e. The van der Waals surface area contributed by atoms with Crippen LogP contribution in [0.2, 0.25) is 0 Å². The standard InChI is InChI=1S/C16H24N2O4/c1-4-5-9-17-15(19)21-13(3)11-18-16(20)22-14-8-6-7-12(2)10-14/h6-8,10,13H,4-5,9,11H2,1-3H3,(H,17,19)(H,18,20)/t13-/m1/s1. The van der Waals surface area contributed by atoms with E-state index in [1.165, 1.54) is 0 Å². The molecule has 0 heterocycles. The Kier molecular flexibility index (Phi) is 7.81. The molecule has 6 heteroatoms. The minimum absolute atomic E-state index is 0.186. The molecule has 0 saturated carbocycles. The number of rotatable bonds is 7. The first-order valence-corrected chi connectivity index (χ1v) is 7.48.